The first-order valence-corrected chi connectivity index (χ1v) is 6.03. The van der Waals surface area contributed by atoms with E-state index in [0.29, 0.717) is 0 Å². The number of pyridine rings is 1. The van der Waals surface area contributed by atoms with Crippen molar-refractivity contribution in [2.24, 2.45) is 5.73 Å². The Balaban J connectivity index is 2.14. The molecular weight excluding hydrogens is 220 g/mol. The topological polar surface area (TPSA) is 38.9 Å². The van der Waals surface area contributed by atoms with Crippen LogP contribution in [0.1, 0.15) is 30.5 Å². The molecule has 0 radical (unpaired) electrons. The zero-order valence-electron chi connectivity index (χ0n) is 10.8. The highest BCUT2D eigenvalue weighted by molar-refractivity contribution is 5.69. The molecule has 18 heavy (non-hydrogen) atoms. The predicted octanol–water partition coefficient (Wildman–Crippen LogP) is 3.45. The monoisotopic (exact) mass is 238 g/mol. The lowest BCUT2D eigenvalue weighted by Crippen LogP contribution is -2.28. The maximum absolute atomic E-state index is 6.05. The first kappa shape index (κ1) is 12.5. The van der Waals surface area contributed by atoms with E-state index >= 15 is 0 Å². The van der Waals surface area contributed by atoms with Crippen molar-refractivity contribution in [1.82, 2.24) is 4.98 Å². The van der Waals surface area contributed by atoms with Crippen LogP contribution in [0.2, 0.25) is 0 Å². The Bertz CT molecular complexity index is 519. The normalized spacial score (nSPS) is 11.9. The van der Waals surface area contributed by atoms with Gasteiger partial charge in [0, 0.05) is 17.9 Å². The van der Waals surface area contributed by atoms with Gasteiger partial charge in [0.15, 0.2) is 0 Å². The van der Waals surface area contributed by atoms with Gasteiger partial charge in [-0.1, -0.05) is 36.4 Å². The number of hydrogen-bond acceptors (Lipinski definition) is 2. The fraction of sp³-hybridized carbons (Fsp3) is 0.188. The molecule has 0 fully saturated rings. The zero-order chi connectivity index (χ0) is 13.0. The van der Waals surface area contributed by atoms with Gasteiger partial charge in [-0.2, -0.15) is 0 Å². The van der Waals surface area contributed by atoms with Crippen LogP contribution in [0.3, 0.4) is 0 Å². The summed E-state index contributed by atoms with van der Waals surface area (Å²) in [7, 11) is 0. The molecule has 92 valence electrons. The van der Waals surface area contributed by atoms with E-state index in [2.05, 4.69) is 41.4 Å². The summed E-state index contributed by atoms with van der Waals surface area (Å²) in [6, 6.07) is 12.3. The van der Waals surface area contributed by atoms with E-state index in [-0.39, 0.29) is 5.54 Å². The summed E-state index contributed by atoms with van der Waals surface area (Å²) in [5, 5.41) is 0. The highest BCUT2D eigenvalue weighted by Crippen LogP contribution is 2.18. The van der Waals surface area contributed by atoms with Gasteiger partial charge in [0.1, 0.15) is 0 Å². The first-order valence-electron chi connectivity index (χ1n) is 6.03. The minimum absolute atomic E-state index is 0.284. The van der Waals surface area contributed by atoms with Crippen molar-refractivity contribution in [1.29, 1.82) is 0 Å². The molecular formula is C16H18N2. The number of benzene rings is 1. The van der Waals surface area contributed by atoms with Crippen molar-refractivity contribution in [3.8, 4) is 0 Å². The average molecular weight is 238 g/mol. The quantitative estimate of drug-likeness (QED) is 0.889. The van der Waals surface area contributed by atoms with Crippen LogP contribution in [0, 0.1) is 0 Å². The lowest BCUT2D eigenvalue weighted by molar-refractivity contribution is 0.554. The van der Waals surface area contributed by atoms with Crippen molar-refractivity contribution in [3.63, 3.8) is 0 Å². The lowest BCUT2D eigenvalue weighted by Gasteiger charge is -2.18. The fourth-order valence-electron chi connectivity index (χ4n) is 1.69. The molecule has 0 atom stereocenters. The molecule has 0 aliphatic carbocycles. The highest BCUT2D eigenvalue weighted by atomic mass is 14.7. The van der Waals surface area contributed by atoms with Crippen LogP contribution in [-0.4, -0.2) is 4.98 Å². The molecule has 0 aliphatic heterocycles. The van der Waals surface area contributed by atoms with Gasteiger partial charge in [-0.15, -0.1) is 0 Å². The van der Waals surface area contributed by atoms with Crippen molar-refractivity contribution in [2.45, 2.75) is 19.4 Å². The van der Waals surface area contributed by atoms with Gasteiger partial charge in [-0.3, -0.25) is 4.98 Å². The number of nitrogens with two attached hydrogens (primary N) is 1. The molecule has 1 heterocycles. The molecule has 0 unspecified atom stereocenters. The molecule has 2 heteroatoms. The maximum Gasteiger partial charge on any atom is 0.0352 e. The van der Waals surface area contributed by atoms with Crippen LogP contribution in [0.15, 0.2) is 48.8 Å². The van der Waals surface area contributed by atoms with Crippen molar-refractivity contribution in [2.75, 3.05) is 0 Å². The van der Waals surface area contributed by atoms with E-state index in [1.165, 1.54) is 5.56 Å². The number of rotatable bonds is 3. The van der Waals surface area contributed by atoms with Gasteiger partial charge in [0.25, 0.3) is 0 Å². The summed E-state index contributed by atoms with van der Waals surface area (Å²) in [5.41, 5.74) is 9.22. The summed E-state index contributed by atoms with van der Waals surface area (Å²) in [6.45, 7) is 4.02. The van der Waals surface area contributed by atoms with E-state index in [9.17, 15) is 0 Å². The second kappa shape index (κ2) is 5.15. The van der Waals surface area contributed by atoms with Crippen LogP contribution in [-0.2, 0) is 5.54 Å². The van der Waals surface area contributed by atoms with E-state index in [4.69, 9.17) is 5.73 Å². The second-order valence-electron chi connectivity index (χ2n) is 4.96. The van der Waals surface area contributed by atoms with E-state index in [1.807, 2.05) is 26.0 Å². The van der Waals surface area contributed by atoms with Crippen molar-refractivity contribution < 1.29 is 0 Å². The van der Waals surface area contributed by atoms with Crippen LogP contribution >= 0.6 is 0 Å². The van der Waals surface area contributed by atoms with Gasteiger partial charge in [-0.05, 0) is 42.7 Å². The van der Waals surface area contributed by atoms with Crippen molar-refractivity contribution >= 4 is 12.2 Å². The smallest absolute Gasteiger partial charge is 0.0352 e. The largest absolute Gasteiger partial charge is 0.322 e. The van der Waals surface area contributed by atoms with Crippen LogP contribution in [0.4, 0.5) is 0 Å². The molecule has 2 nitrogen and oxygen atoms in total. The Morgan fingerprint density at radius 3 is 1.89 bits per heavy atom. The Morgan fingerprint density at radius 1 is 0.889 bits per heavy atom. The zero-order valence-corrected chi connectivity index (χ0v) is 10.8. The van der Waals surface area contributed by atoms with Gasteiger partial charge in [0.05, 0.1) is 0 Å². The first-order chi connectivity index (χ1) is 8.55. The summed E-state index contributed by atoms with van der Waals surface area (Å²) in [4.78, 5) is 3.99. The van der Waals surface area contributed by atoms with Crippen LogP contribution in [0.5, 0.6) is 0 Å². The minimum atomic E-state index is -0.284. The second-order valence-corrected chi connectivity index (χ2v) is 4.96. The van der Waals surface area contributed by atoms with Crippen LogP contribution < -0.4 is 5.73 Å². The third-order valence-corrected chi connectivity index (χ3v) is 2.83. The number of aromatic nitrogens is 1. The number of nitrogens with zero attached hydrogens (tertiary/aromatic N) is 1. The van der Waals surface area contributed by atoms with Crippen LogP contribution in [0.25, 0.3) is 12.2 Å². The van der Waals surface area contributed by atoms with E-state index in [1.54, 1.807) is 12.4 Å². The standard InChI is InChI=1S/C16H18N2/c1-16(2,17)15-7-5-13(6-8-15)3-4-14-9-11-18-12-10-14/h3-12H,17H2,1-2H3/b4-3+. The summed E-state index contributed by atoms with van der Waals surface area (Å²) in [6.07, 6.45) is 7.74. The molecule has 0 aliphatic rings. The maximum atomic E-state index is 6.05. The molecule has 2 rings (SSSR count). The average Bonchev–Trinajstić information content (AvgIpc) is 2.37. The molecule has 1 aromatic carbocycles. The summed E-state index contributed by atoms with van der Waals surface area (Å²) < 4.78 is 0. The lowest BCUT2D eigenvalue weighted by atomic mass is 9.95. The number of hydrogen-bond donors (Lipinski definition) is 1. The third-order valence-electron chi connectivity index (χ3n) is 2.83. The minimum Gasteiger partial charge on any atom is -0.322 e. The van der Waals surface area contributed by atoms with E-state index in [0.717, 1.165) is 11.1 Å². The molecule has 0 saturated carbocycles. The van der Waals surface area contributed by atoms with Crippen molar-refractivity contribution in [3.05, 3.63) is 65.5 Å². The molecule has 2 N–H and O–H groups in total. The summed E-state index contributed by atoms with van der Waals surface area (Å²) >= 11 is 0. The third kappa shape index (κ3) is 3.28. The molecule has 0 bridgehead atoms. The van der Waals surface area contributed by atoms with Gasteiger partial charge in [0.2, 0.25) is 0 Å². The SMILES string of the molecule is CC(C)(N)c1ccc(/C=C/c2ccncc2)cc1. The Morgan fingerprint density at radius 2 is 1.39 bits per heavy atom. The molecule has 2 aromatic rings. The Labute approximate surface area is 108 Å². The van der Waals surface area contributed by atoms with Gasteiger partial charge < -0.3 is 5.73 Å². The molecule has 0 amide bonds. The molecule has 1 aromatic heterocycles. The van der Waals surface area contributed by atoms with E-state index < -0.39 is 0 Å². The Kier molecular flexibility index (Phi) is 3.58. The van der Waals surface area contributed by atoms with Gasteiger partial charge in [-0.25, -0.2) is 0 Å². The Hall–Kier alpha value is -1.93. The van der Waals surface area contributed by atoms with Gasteiger partial charge >= 0.3 is 0 Å². The highest BCUT2D eigenvalue weighted by Gasteiger charge is 2.12. The predicted molar refractivity (Wildman–Crippen MR) is 76.8 cm³/mol. The fourth-order valence-corrected chi connectivity index (χ4v) is 1.69. The summed E-state index contributed by atoms with van der Waals surface area (Å²) in [5.74, 6) is 0. The molecule has 0 spiro atoms. The molecule has 0 saturated heterocycles.